The van der Waals surface area contributed by atoms with Gasteiger partial charge in [-0.3, -0.25) is 29.4 Å². The van der Waals surface area contributed by atoms with Gasteiger partial charge in [-0.15, -0.1) is 0 Å². The topological polar surface area (TPSA) is 150 Å². The van der Waals surface area contributed by atoms with E-state index >= 15 is 0 Å². The van der Waals surface area contributed by atoms with Crippen LogP contribution in [0.1, 0.15) is 67.6 Å². The molecule has 11 nitrogen and oxygen atoms in total. The lowest BCUT2D eigenvalue weighted by Gasteiger charge is -2.24. The zero-order valence-corrected chi connectivity index (χ0v) is 21.4. The zero-order valence-electron chi connectivity index (χ0n) is 21.4. The summed E-state index contributed by atoms with van der Waals surface area (Å²) in [5, 5.41) is 10.8. The van der Waals surface area contributed by atoms with Gasteiger partial charge >= 0.3 is 11.9 Å². The number of fused-ring (bicyclic) bond motifs is 1. The van der Waals surface area contributed by atoms with Gasteiger partial charge in [-0.2, -0.15) is 0 Å². The molecule has 4 rings (SSSR count). The first-order chi connectivity index (χ1) is 19.2. The molecular weight excluding hydrogens is 520 g/mol. The number of imide groups is 1. The van der Waals surface area contributed by atoms with Crippen molar-refractivity contribution in [3.8, 4) is 5.75 Å². The SMILES string of the molecule is CCCCC(C(=O)OCC(=O)c1ccc(OC(=O)c2ccc([N+](=O)[O-])cc2)cc1)N1C(=O)c2ccccc2C1=O. The quantitative estimate of drug-likeness (QED) is 0.0854. The maximum absolute atomic E-state index is 13.0. The predicted octanol–water partition coefficient (Wildman–Crippen LogP) is 4.39. The van der Waals surface area contributed by atoms with E-state index in [-0.39, 0.29) is 40.1 Å². The molecule has 0 saturated carbocycles. The summed E-state index contributed by atoms with van der Waals surface area (Å²) in [6.45, 7) is 1.29. The van der Waals surface area contributed by atoms with E-state index in [1.807, 2.05) is 6.92 Å². The second-order valence-electron chi connectivity index (χ2n) is 8.93. The van der Waals surface area contributed by atoms with Crippen molar-refractivity contribution in [2.24, 2.45) is 0 Å². The number of hydrogen-bond acceptors (Lipinski definition) is 9. The van der Waals surface area contributed by atoms with Crippen LogP contribution in [0.5, 0.6) is 5.75 Å². The molecule has 0 radical (unpaired) electrons. The highest BCUT2D eigenvalue weighted by molar-refractivity contribution is 6.22. The Labute approximate surface area is 228 Å². The van der Waals surface area contributed by atoms with Crippen molar-refractivity contribution >= 4 is 35.2 Å². The molecule has 11 heteroatoms. The third kappa shape index (κ3) is 5.93. The zero-order chi connectivity index (χ0) is 28.8. The summed E-state index contributed by atoms with van der Waals surface area (Å²) in [6, 6.07) is 15.6. The Hall–Kier alpha value is -5.19. The maximum Gasteiger partial charge on any atom is 0.343 e. The van der Waals surface area contributed by atoms with Gasteiger partial charge in [0, 0.05) is 17.7 Å². The molecule has 0 N–H and O–H groups in total. The van der Waals surface area contributed by atoms with Crippen LogP contribution < -0.4 is 4.74 Å². The number of ketones is 1. The molecule has 0 fully saturated rings. The molecular formula is C29H24N2O9. The second-order valence-corrected chi connectivity index (χ2v) is 8.93. The molecule has 1 unspecified atom stereocenters. The number of hydrogen-bond donors (Lipinski definition) is 0. The van der Waals surface area contributed by atoms with Crippen molar-refractivity contribution in [2.45, 2.75) is 32.2 Å². The van der Waals surface area contributed by atoms with Gasteiger partial charge in [0.25, 0.3) is 17.5 Å². The molecule has 0 aliphatic carbocycles. The van der Waals surface area contributed by atoms with E-state index in [2.05, 4.69) is 0 Å². The first kappa shape index (κ1) is 27.8. The van der Waals surface area contributed by atoms with Gasteiger partial charge in [-0.05, 0) is 55.0 Å². The van der Waals surface area contributed by atoms with Gasteiger partial charge in [0.2, 0.25) is 0 Å². The van der Waals surface area contributed by atoms with Gasteiger partial charge in [0.15, 0.2) is 12.4 Å². The molecule has 2 amide bonds. The van der Waals surface area contributed by atoms with Crippen LogP contribution in [0.2, 0.25) is 0 Å². The van der Waals surface area contributed by atoms with Crippen LogP contribution in [-0.4, -0.2) is 52.0 Å². The number of carbonyl (C=O) groups excluding carboxylic acids is 5. The fourth-order valence-electron chi connectivity index (χ4n) is 4.15. The lowest BCUT2D eigenvalue weighted by molar-refractivity contribution is -0.384. The minimum atomic E-state index is -1.17. The number of nitro benzene ring substituents is 1. The maximum atomic E-state index is 13.0. The van der Waals surface area contributed by atoms with E-state index in [0.29, 0.717) is 12.8 Å². The average Bonchev–Trinajstić information content (AvgIpc) is 3.22. The monoisotopic (exact) mass is 544 g/mol. The first-order valence-corrected chi connectivity index (χ1v) is 12.4. The molecule has 0 aromatic heterocycles. The molecule has 0 spiro atoms. The average molecular weight is 545 g/mol. The van der Waals surface area contributed by atoms with E-state index in [0.717, 1.165) is 4.90 Å². The summed E-state index contributed by atoms with van der Waals surface area (Å²) in [6.07, 6.45) is 1.47. The third-order valence-corrected chi connectivity index (χ3v) is 6.29. The normalized spacial score (nSPS) is 13.0. The van der Waals surface area contributed by atoms with E-state index in [1.165, 1.54) is 60.7 Å². The van der Waals surface area contributed by atoms with Gasteiger partial charge in [-0.25, -0.2) is 9.59 Å². The number of esters is 2. The number of benzene rings is 3. The number of ether oxygens (including phenoxy) is 2. The molecule has 40 heavy (non-hydrogen) atoms. The Morgan fingerprint density at radius 2 is 1.45 bits per heavy atom. The molecule has 1 heterocycles. The van der Waals surface area contributed by atoms with Crippen LogP contribution in [0.15, 0.2) is 72.8 Å². The number of non-ortho nitro benzene ring substituents is 1. The number of Topliss-reactive ketones (excluding diaryl/α,β-unsaturated/α-hetero) is 1. The van der Waals surface area contributed by atoms with Crippen LogP contribution >= 0.6 is 0 Å². The Kier molecular flexibility index (Phi) is 8.43. The van der Waals surface area contributed by atoms with Crippen molar-refractivity contribution in [3.05, 3.63) is 105 Å². The molecule has 3 aromatic rings. The Balaban J connectivity index is 1.37. The van der Waals surface area contributed by atoms with Crippen molar-refractivity contribution in [1.29, 1.82) is 0 Å². The number of amides is 2. The Morgan fingerprint density at radius 3 is 2.00 bits per heavy atom. The van der Waals surface area contributed by atoms with Crippen molar-refractivity contribution in [3.63, 3.8) is 0 Å². The smallest absolute Gasteiger partial charge is 0.343 e. The van der Waals surface area contributed by atoms with Crippen LogP contribution in [0.25, 0.3) is 0 Å². The largest absolute Gasteiger partial charge is 0.456 e. The van der Waals surface area contributed by atoms with E-state index < -0.39 is 47.1 Å². The van der Waals surface area contributed by atoms with Crippen LogP contribution in [0.3, 0.4) is 0 Å². The number of nitrogens with zero attached hydrogens (tertiary/aromatic N) is 2. The van der Waals surface area contributed by atoms with Gasteiger partial charge in [-0.1, -0.05) is 31.9 Å². The summed E-state index contributed by atoms with van der Waals surface area (Å²) in [5.74, 6) is -3.17. The highest BCUT2D eigenvalue weighted by atomic mass is 16.6. The fourth-order valence-corrected chi connectivity index (χ4v) is 4.15. The number of unbranched alkanes of at least 4 members (excludes halogenated alkanes) is 1. The van der Waals surface area contributed by atoms with Crippen molar-refractivity contribution < 1.29 is 38.4 Å². The van der Waals surface area contributed by atoms with Crippen LogP contribution in [-0.2, 0) is 9.53 Å². The van der Waals surface area contributed by atoms with Gasteiger partial charge < -0.3 is 9.47 Å². The number of carbonyl (C=O) groups is 5. The lowest BCUT2D eigenvalue weighted by atomic mass is 10.1. The second kappa shape index (κ2) is 12.1. The summed E-state index contributed by atoms with van der Waals surface area (Å²) < 4.78 is 10.5. The summed E-state index contributed by atoms with van der Waals surface area (Å²) >= 11 is 0. The molecule has 0 bridgehead atoms. The molecule has 3 aromatic carbocycles. The van der Waals surface area contributed by atoms with Gasteiger partial charge in [0.1, 0.15) is 11.8 Å². The predicted molar refractivity (Wildman–Crippen MR) is 140 cm³/mol. The van der Waals surface area contributed by atoms with Crippen LogP contribution in [0, 0.1) is 10.1 Å². The summed E-state index contributed by atoms with van der Waals surface area (Å²) in [4.78, 5) is 74.8. The van der Waals surface area contributed by atoms with E-state index in [9.17, 15) is 34.1 Å². The minimum Gasteiger partial charge on any atom is -0.456 e. The molecule has 204 valence electrons. The highest BCUT2D eigenvalue weighted by Crippen LogP contribution is 2.27. The summed E-state index contributed by atoms with van der Waals surface area (Å²) in [5.41, 5.74) is 0.544. The molecule has 1 aliphatic rings. The van der Waals surface area contributed by atoms with Crippen LogP contribution in [0.4, 0.5) is 5.69 Å². The van der Waals surface area contributed by atoms with E-state index in [4.69, 9.17) is 9.47 Å². The van der Waals surface area contributed by atoms with Gasteiger partial charge in [0.05, 0.1) is 21.6 Å². The standard InChI is InChI=1S/C29H24N2O9/c1-2-3-8-24(30-26(33)22-6-4-5-7-23(22)27(30)34)29(36)39-17-25(32)18-11-15-21(16-12-18)40-28(35)19-9-13-20(14-10-19)31(37)38/h4-7,9-16,24H,2-3,8,17H2,1H3. The molecule has 1 atom stereocenters. The molecule has 0 saturated heterocycles. The number of nitro groups is 1. The Morgan fingerprint density at radius 1 is 0.875 bits per heavy atom. The third-order valence-electron chi connectivity index (χ3n) is 6.29. The fraction of sp³-hybridized carbons (Fsp3) is 0.207. The van der Waals surface area contributed by atoms with Crippen molar-refractivity contribution in [1.82, 2.24) is 4.90 Å². The highest BCUT2D eigenvalue weighted by Gasteiger charge is 2.43. The summed E-state index contributed by atoms with van der Waals surface area (Å²) in [7, 11) is 0. The van der Waals surface area contributed by atoms with E-state index in [1.54, 1.807) is 12.1 Å². The van der Waals surface area contributed by atoms with Crippen molar-refractivity contribution in [2.75, 3.05) is 6.61 Å². The molecule has 1 aliphatic heterocycles. The first-order valence-electron chi connectivity index (χ1n) is 12.4. The Bertz CT molecular complexity index is 1450. The lowest BCUT2D eigenvalue weighted by Crippen LogP contribution is -2.46. The number of rotatable bonds is 11. The minimum absolute atomic E-state index is 0.105.